The number of aryl methyl sites for hydroxylation is 1. The standard InChI is InChI=1S/C12H12BrClN2S/c1-7(12-6-17-8(2)16-12)15-11-4-3-9(14)5-10(11)13/h3-7,15H,1-2H3. The van der Waals surface area contributed by atoms with Crippen molar-refractivity contribution >= 4 is 44.6 Å². The number of hydrogen-bond donors (Lipinski definition) is 1. The van der Waals surface area contributed by atoms with Gasteiger partial charge in [-0.05, 0) is 48.0 Å². The van der Waals surface area contributed by atoms with Gasteiger partial charge in [0.25, 0.3) is 0 Å². The molecule has 1 aromatic carbocycles. The Balaban J connectivity index is 2.15. The predicted molar refractivity (Wildman–Crippen MR) is 78.0 cm³/mol. The second-order valence-corrected chi connectivity index (χ2v) is 6.13. The fourth-order valence-corrected chi connectivity index (χ4v) is 3.00. The number of nitrogens with one attached hydrogen (secondary N) is 1. The van der Waals surface area contributed by atoms with Crippen molar-refractivity contribution in [3.8, 4) is 0 Å². The summed E-state index contributed by atoms with van der Waals surface area (Å²) >= 11 is 11.1. The summed E-state index contributed by atoms with van der Waals surface area (Å²) in [7, 11) is 0. The molecule has 90 valence electrons. The summed E-state index contributed by atoms with van der Waals surface area (Å²) in [6, 6.07) is 5.89. The van der Waals surface area contributed by atoms with E-state index in [1.807, 2.05) is 25.1 Å². The lowest BCUT2D eigenvalue weighted by Gasteiger charge is -2.14. The number of nitrogens with zero attached hydrogens (tertiary/aromatic N) is 1. The molecule has 5 heteroatoms. The first kappa shape index (κ1) is 12.9. The normalized spacial score (nSPS) is 12.5. The molecule has 1 atom stereocenters. The van der Waals surface area contributed by atoms with Gasteiger partial charge in [-0.25, -0.2) is 4.98 Å². The molecule has 0 spiro atoms. The lowest BCUT2D eigenvalue weighted by molar-refractivity contribution is 0.844. The number of hydrogen-bond acceptors (Lipinski definition) is 3. The van der Waals surface area contributed by atoms with E-state index in [9.17, 15) is 0 Å². The van der Waals surface area contributed by atoms with Crippen molar-refractivity contribution < 1.29 is 0 Å². The number of benzene rings is 1. The van der Waals surface area contributed by atoms with Crippen molar-refractivity contribution in [2.24, 2.45) is 0 Å². The van der Waals surface area contributed by atoms with E-state index in [0.29, 0.717) is 0 Å². The van der Waals surface area contributed by atoms with Crippen LogP contribution in [0.5, 0.6) is 0 Å². The van der Waals surface area contributed by atoms with Gasteiger partial charge in [0.1, 0.15) is 0 Å². The van der Waals surface area contributed by atoms with Gasteiger partial charge in [-0.2, -0.15) is 0 Å². The molecule has 17 heavy (non-hydrogen) atoms. The van der Waals surface area contributed by atoms with Gasteiger partial charge < -0.3 is 5.32 Å². The van der Waals surface area contributed by atoms with E-state index in [2.05, 4.69) is 38.5 Å². The van der Waals surface area contributed by atoms with Gasteiger partial charge in [-0.1, -0.05) is 11.6 Å². The van der Waals surface area contributed by atoms with E-state index >= 15 is 0 Å². The van der Waals surface area contributed by atoms with E-state index in [1.165, 1.54) is 0 Å². The Labute approximate surface area is 118 Å². The number of halogens is 2. The fraction of sp³-hybridized carbons (Fsp3) is 0.250. The maximum absolute atomic E-state index is 5.91. The quantitative estimate of drug-likeness (QED) is 0.852. The molecule has 2 rings (SSSR count). The molecule has 2 aromatic rings. The molecule has 0 bridgehead atoms. The molecule has 1 heterocycles. The van der Waals surface area contributed by atoms with E-state index in [-0.39, 0.29) is 6.04 Å². The zero-order valence-electron chi connectivity index (χ0n) is 9.50. The van der Waals surface area contributed by atoms with Crippen LogP contribution in [0.1, 0.15) is 23.7 Å². The summed E-state index contributed by atoms with van der Waals surface area (Å²) < 4.78 is 0.962. The Kier molecular flexibility index (Phi) is 4.07. The van der Waals surface area contributed by atoms with Gasteiger partial charge in [0.2, 0.25) is 0 Å². The molecule has 1 aromatic heterocycles. The largest absolute Gasteiger partial charge is 0.376 e. The summed E-state index contributed by atoms with van der Waals surface area (Å²) in [6.45, 7) is 4.11. The highest BCUT2D eigenvalue weighted by Crippen LogP contribution is 2.29. The molecule has 0 saturated heterocycles. The van der Waals surface area contributed by atoms with Crippen LogP contribution in [0.2, 0.25) is 5.02 Å². The second kappa shape index (κ2) is 5.38. The molecular weight excluding hydrogens is 320 g/mol. The van der Waals surface area contributed by atoms with Gasteiger partial charge in [0, 0.05) is 20.6 Å². The van der Waals surface area contributed by atoms with Gasteiger partial charge >= 0.3 is 0 Å². The lowest BCUT2D eigenvalue weighted by atomic mass is 10.2. The molecule has 1 unspecified atom stereocenters. The van der Waals surface area contributed by atoms with E-state index in [1.54, 1.807) is 11.3 Å². The Morgan fingerprint density at radius 3 is 2.82 bits per heavy atom. The van der Waals surface area contributed by atoms with Crippen molar-refractivity contribution in [2.75, 3.05) is 5.32 Å². The van der Waals surface area contributed by atoms with Gasteiger partial charge in [-0.15, -0.1) is 11.3 Å². The van der Waals surface area contributed by atoms with Crippen LogP contribution in [0.3, 0.4) is 0 Å². The first-order valence-corrected chi connectivity index (χ1v) is 7.25. The predicted octanol–water partition coefficient (Wildman–Crippen LogP) is 5.04. The topological polar surface area (TPSA) is 24.9 Å². The zero-order valence-corrected chi connectivity index (χ0v) is 12.7. The molecular formula is C12H12BrClN2S. The molecule has 0 aliphatic carbocycles. The summed E-state index contributed by atoms with van der Waals surface area (Å²) in [5, 5.41) is 7.29. The average Bonchev–Trinajstić information content (AvgIpc) is 2.69. The minimum Gasteiger partial charge on any atom is -0.376 e. The fourth-order valence-electron chi connectivity index (χ4n) is 1.49. The number of anilines is 1. The van der Waals surface area contributed by atoms with Crippen molar-refractivity contribution in [2.45, 2.75) is 19.9 Å². The maximum Gasteiger partial charge on any atom is 0.0898 e. The molecule has 2 nitrogen and oxygen atoms in total. The summed E-state index contributed by atoms with van der Waals surface area (Å²) in [5.41, 5.74) is 2.09. The van der Waals surface area contributed by atoms with Crippen molar-refractivity contribution in [1.29, 1.82) is 0 Å². The maximum atomic E-state index is 5.91. The Morgan fingerprint density at radius 1 is 1.47 bits per heavy atom. The van der Waals surface area contributed by atoms with Gasteiger partial charge in [-0.3, -0.25) is 0 Å². The smallest absolute Gasteiger partial charge is 0.0898 e. The van der Waals surface area contributed by atoms with Crippen LogP contribution in [0.4, 0.5) is 5.69 Å². The highest BCUT2D eigenvalue weighted by Gasteiger charge is 2.10. The van der Waals surface area contributed by atoms with Crippen molar-refractivity contribution in [3.63, 3.8) is 0 Å². The Morgan fingerprint density at radius 2 is 2.24 bits per heavy atom. The van der Waals surface area contributed by atoms with Crippen molar-refractivity contribution in [3.05, 3.63) is 43.8 Å². The summed E-state index contributed by atoms with van der Waals surface area (Å²) in [4.78, 5) is 4.47. The van der Waals surface area contributed by atoms with Crippen LogP contribution in [-0.4, -0.2) is 4.98 Å². The number of thiazole rings is 1. The van der Waals surface area contributed by atoms with Crippen LogP contribution in [0.15, 0.2) is 28.1 Å². The Hall–Kier alpha value is -0.580. The SMILES string of the molecule is Cc1nc(C(C)Nc2ccc(Cl)cc2Br)cs1. The van der Waals surface area contributed by atoms with Gasteiger partial charge in [0.15, 0.2) is 0 Å². The molecule has 0 amide bonds. The zero-order chi connectivity index (χ0) is 12.4. The third-order valence-electron chi connectivity index (χ3n) is 2.38. The minimum atomic E-state index is 0.178. The second-order valence-electron chi connectivity index (χ2n) is 3.78. The van der Waals surface area contributed by atoms with E-state index in [0.717, 1.165) is 25.9 Å². The summed E-state index contributed by atoms with van der Waals surface area (Å²) in [5.74, 6) is 0. The Bertz CT molecular complexity index is 527. The van der Waals surface area contributed by atoms with Crippen LogP contribution in [0, 0.1) is 6.92 Å². The van der Waals surface area contributed by atoms with Gasteiger partial charge in [0.05, 0.1) is 16.7 Å². The van der Waals surface area contributed by atoms with E-state index in [4.69, 9.17) is 11.6 Å². The van der Waals surface area contributed by atoms with E-state index < -0.39 is 0 Å². The van der Waals surface area contributed by atoms with Crippen molar-refractivity contribution in [1.82, 2.24) is 4.98 Å². The number of aromatic nitrogens is 1. The first-order valence-electron chi connectivity index (χ1n) is 5.20. The van der Waals surface area contributed by atoms with Crippen LogP contribution in [0.25, 0.3) is 0 Å². The first-order chi connectivity index (χ1) is 8.06. The third kappa shape index (κ3) is 3.21. The van der Waals surface area contributed by atoms with Crippen LogP contribution in [-0.2, 0) is 0 Å². The van der Waals surface area contributed by atoms with Crippen LogP contribution >= 0.6 is 38.9 Å². The molecule has 0 fully saturated rings. The molecule has 1 N–H and O–H groups in total. The minimum absolute atomic E-state index is 0.178. The highest BCUT2D eigenvalue weighted by molar-refractivity contribution is 9.10. The summed E-state index contributed by atoms with van der Waals surface area (Å²) in [6.07, 6.45) is 0. The third-order valence-corrected chi connectivity index (χ3v) is 4.07. The highest BCUT2D eigenvalue weighted by atomic mass is 79.9. The molecule has 0 saturated carbocycles. The van der Waals surface area contributed by atoms with Crippen LogP contribution < -0.4 is 5.32 Å². The molecule has 0 aliphatic rings. The lowest BCUT2D eigenvalue weighted by Crippen LogP contribution is -2.07. The monoisotopic (exact) mass is 330 g/mol. The molecule has 0 radical (unpaired) electrons. The average molecular weight is 332 g/mol. The number of rotatable bonds is 3. The molecule has 0 aliphatic heterocycles.